The zero-order chi connectivity index (χ0) is 81.4. The molecule has 16 rings (SSSR count). The molecule has 18 N–H and O–H groups in total. The van der Waals surface area contributed by atoms with E-state index in [2.05, 4.69) is 53.2 Å². The molecule has 14 atom stereocenters. The lowest BCUT2D eigenvalue weighted by Crippen LogP contribution is -2.60. The predicted molar refractivity (Wildman–Crippen MR) is 410 cm³/mol. The Morgan fingerprint density at radius 2 is 1.28 bits per heavy atom. The number of rotatable bonds is 16. The minimum absolute atomic E-state index is 0.0315. The Bertz CT molecular complexity index is 4690. The summed E-state index contributed by atoms with van der Waals surface area (Å²) in [5.41, 5.74) is 0.860. The van der Waals surface area contributed by atoms with E-state index < -0.39 is 180 Å². The van der Waals surface area contributed by atoms with E-state index in [1.807, 2.05) is 20.8 Å². The number of anilines is 1. The number of likely N-dealkylation sites (N-methyl/N-ethyl adjacent to an activating group) is 1. The van der Waals surface area contributed by atoms with Crippen LogP contribution in [0.15, 0.2) is 103 Å². The van der Waals surface area contributed by atoms with Crippen molar-refractivity contribution in [3.8, 4) is 51.4 Å². The van der Waals surface area contributed by atoms with Crippen LogP contribution < -0.4 is 67.4 Å². The first-order chi connectivity index (χ1) is 54.4. The number of phenolic OH excluding ortho intramolecular Hbond substituents is 2. The Labute approximate surface area is 661 Å². The van der Waals surface area contributed by atoms with Gasteiger partial charge in [-0.3, -0.25) is 43.7 Å². The third kappa shape index (κ3) is 17.4. The van der Waals surface area contributed by atoms with Crippen LogP contribution in [-0.2, 0) is 49.5 Å². The molecular weight excluding hydrogens is 1500 g/mol. The fraction of sp³-hybridized carbons (Fsp3) is 0.451. The summed E-state index contributed by atoms with van der Waals surface area (Å²) in [4.78, 5) is 138. The van der Waals surface area contributed by atoms with Crippen molar-refractivity contribution in [2.24, 2.45) is 29.6 Å². The van der Waals surface area contributed by atoms with Crippen LogP contribution in [0.2, 0.25) is 5.02 Å². The maximum Gasteiger partial charge on any atom is 0.325 e. The number of fused-ring (bicyclic) bond motifs is 15. The summed E-state index contributed by atoms with van der Waals surface area (Å²) in [6.45, 7) is 7.89. The second-order valence-electron chi connectivity index (χ2n) is 31.3. The first kappa shape index (κ1) is 81.5. The highest BCUT2D eigenvalue weighted by molar-refractivity contribution is 6.32. The Balaban J connectivity index is 0.991. The first-order valence-electron chi connectivity index (χ1n) is 38.4. The molecule has 15 bridgehead atoms. The van der Waals surface area contributed by atoms with Crippen LogP contribution in [-0.4, -0.2) is 169 Å². The summed E-state index contributed by atoms with van der Waals surface area (Å²) in [7, 11) is 1.50. The third-order valence-electron chi connectivity index (χ3n) is 22.7. The number of ether oxygens (including phenoxy) is 4. The van der Waals surface area contributed by atoms with Gasteiger partial charge in [0.15, 0.2) is 11.5 Å². The molecule has 114 heavy (non-hydrogen) atoms. The number of benzene rings is 6. The van der Waals surface area contributed by atoms with Gasteiger partial charge in [0.1, 0.15) is 95.9 Å². The van der Waals surface area contributed by atoms with Crippen molar-refractivity contribution in [1.82, 2.24) is 47.9 Å². The number of halogens is 1. The number of urea groups is 1. The van der Waals surface area contributed by atoms with Crippen LogP contribution in [0.5, 0.6) is 40.2 Å². The van der Waals surface area contributed by atoms with Gasteiger partial charge in [-0.1, -0.05) is 69.1 Å². The largest absolute Gasteiger partial charge is 0.508 e. The second-order valence-corrected chi connectivity index (χ2v) is 31.7. The van der Waals surface area contributed by atoms with Gasteiger partial charge >= 0.3 is 6.03 Å². The number of carbonyl (C=O) groups is 9. The van der Waals surface area contributed by atoms with Crippen molar-refractivity contribution in [2.45, 2.75) is 190 Å². The molecule has 4 saturated carbocycles. The third-order valence-corrected chi connectivity index (χ3v) is 23.0. The van der Waals surface area contributed by atoms with Crippen molar-refractivity contribution >= 4 is 70.6 Å². The maximum atomic E-state index is 16.4. The molecule has 6 aliphatic heterocycles. The van der Waals surface area contributed by atoms with E-state index in [1.54, 1.807) is 31.2 Å². The van der Waals surface area contributed by atoms with Crippen LogP contribution in [0, 0.1) is 43.4 Å². The number of aromatic hydroxyl groups is 2. The van der Waals surface area contributed by atoms with Crippen LogP contribution in [0.1, 0.15) is 153 Å². The number of nitrogens with one attached hydrogen (secondary N) is 10. The Kier molecular flexibility index (Phi) is 24.5. The van der Waals surface area contributed by atoms with Crippen molar-refractivity contribution in [3.05, 3.63) is 153 Å². The number of phenols is 2. The number of aryl methyl sites for hydroxylation is 3. The van der Waals surface area contributed by atoms with E-state index in [-0.39, 0.29) is 103 Å². The monoisotopic (exact) mass is 1590 g/mol. The van der Waals surface area contributed by atoms with E-state index in [0.717, 1.165) is 69.1 Å². The molecule has 0 spiro atoms. The molecule has 1 saturated heterocycles. The Morgan fingerprint density at radius 3 is 1.93 bits per heavy atom. The average molecular weight is 1590 g/mol. The molecule has 6 aromatic carbocycles. The van der Waals surface area contributed by atoms with Gasteiger partial charge in [-0.15, -0.1) is 0 Å². The lowest BCUT2D eigenvalue weighted by atomic mass is 9.54. The van der Waals surface area contributed by atoms with E-state index >= 15 is 28.8 Å². The molecule has 6 aromatic rings. The molecule has 0 unspecified atom stereocenters. The topological polar surface area (TPSA) is 473 Å². The number of amides is 10. The molecule has 5 fully saturated rings. The highest BCUT2D eigenvalue weighted by Crippen LogP contribution is 2.55. The molecule has 10 aliphatic rings. The minimum atomic E-state index is -2.31. The highest BCUT2D eigenvalue weighted by Gasteiger charge is 2.51. The average Bonchev–Trinajstić information content (AvgIpc) is 0.755. The molecule has 10 amide bonds. The van der Waals surface area contributed by atoms with Crippen molar-refractivity contribution < 1.29 is 103 Å². The Morgan fingerprint density at radius 1 is 0.640 bits per heavy atom. The fourth-order valence-electron chi connectivity index (χ4n) is 17.0. The minimum Gasteiger partial charge on any atom is -0.508 e. The number of aliphatic hydroxyl groups is 6. The van der Waals surface area contributed by atoms with Crippen molar-refractivity contribution in [3.63, 3.8) is 0 Å². The van der Waals surface area contributed by atoms with Gasteiger partial charge in [0.25, 0.3) is 0 Å². The van der Waals surface area contributed by atoms with Crippen molar-refractivity contribution in [2.75, 3.05) is 19.0 Å². The first-order valence-corrected chi connectivity index (χ1v) is 38.8. The van der Waals surface area contributed by atoms with Gasteiger partial charge in [0.05, 0.1) is 24.1 Å². The van der Waals surface area contributed by atoms with Gasteiger partial charge in [-0.25, -0.2) is 4.79 Å². The number of imide groups is 1. The van der Waals surface area contributed by atoms with Crippen molar-refractivity contribution in [1.29, 1.82) is 0 Å². The van der Waals surface area contributed by atoms with E-state index in [4.69, 9.17) is 30.5 Å². The summed E-state index contributed by atoms with van der Waals surface area (Å²) in [6, 6.07) is 8.15. The summed E-state index contributed by atoms with van der Waals surface area (Å²) in [6.07, 6.45) is -7.53. The van der Waals surface area contributed by atoms with E-state index in [0.29, 0.717) is 11.8 Å². The summed E-state index contributed by atoms with van der Waals surface area (Å²) in [5.74, 6) is -11.0. The molecule has 32 heteroatoms. The van der Waals surface area contributed by atoms with Gasteiger partial charge in [-0.05, 0) is 225 Å². The number of hydrogen-bond acceptors (Lipinski definition) is 22. The second kappa shape index (κ2) is 34.3. The van der Waals surface area contributed by atoms with E-state index in [1.165, 1.54) is 80.7 Å². The number of hydrogen-bond donors (Lipinski definition) is 18. The molecule has 4 aliphatic carbocycles. The van der Waals surface area contributed by atoms with Gasteiger partial charge in [0, 0.05) is 17.3 Å². The molecule has 0 radical (unpaired) electrons. The lowest BCUT2D eigenvalue weighted by Gasteiger charge is -2.54. The summed E-state index contributed by atoms with van der Waals surface area (Å²) < 4.78 is 25.7. The smallest absolute Gasteiger partial charge is 0.325 e. The number of unbranched alkanes of at least 4 members (excludes halogenated alkanes) is 1. The lowest BCUT2D eigenvalue weighted by molar-refractivity contribution is -0.277. The fourth-order valence-corrected chi connectivity index (χ4v) is 17.3. The van der Waals surface area contributed by atoms with Crippen LogP contribution in [0.3, 0.4) is 0 Å². The normalized spacial score (nSPS) is 28.0. The van der Waals surface area contributed by atoms with E-state index in [9.17, 15) is 55.2 Å². The van der Waals surface area contributed by atoms with Crippen LogP contribution >= 0.6 is 11.6 Å². The number of carbonyl (C=O) groups excluding carboxylic acids is 9. The summed E-state index contributed by atoms with van der Waals surface area (Å²) >= 11 is 7.19. The molecule has 31 nitrogen and oxygen atoms in total. The molecular formula is C82H95ClN10O21. The molecule has 0 aromatic heterocycles. The SMILES string of the molecule is CCCCc1ccc(NC(=O)NC(=O)C[C@@H]2NC(=O)[C@H](NC(=O)[C@@H](CC(C)C)NC)[C@H](O)c3ccc(c(C)c3)Oc3cc4cc(c3O[C@@H]3O[C@H](CO)[C@@H](O)[C@H](O)[C@H]3O)Oc3ccc(cc3Cl)[C@@H](O)[C@@H]3NC(=O)[C@@H](NC(=O)[C@@H]4NC2=O)c2ccc(O)c(c2)-c2c(C)cc(O)cc2[C@@H](C(=O)NC2C4CC5CC(C4)CC2C5)NC3=O)cc1. The van der Waals surface area contributed by atoms with Gasteiger partial charge < -0.3 is 108 Å². The molecule has 6 heterocycles. The molecule has 606 valence electrons. The highest BCUT2D eigenvalue weighted by atomic mass is 35.5. The standard InChI is InChI=1S/C82H95ClN10O21/c1-7-8-9-38-10-15-47(16-11-38)85-82(110)87-60(97)33-53-75(104)89-64-46-30-57(111-55-18-13-42(21-36(55)4)68(98)66(79(108)86-53)92-74(103)52(84-6)20-35(2)3)73(114-81-72(102)71(101)70(100)59(34-94)113-81)58(31-46)112-56-19-14-43(29-51(56)83)69(99)67-80(109)91-65(78(107)88-62-44-24-39-23-40(26-44)27-45(62)25-39)50-32-48(95)22-37(5)61(50)49-28-41(12-17-54(49)96)63(76(105)93-67)90-77(64)106/h10-19,21-22,28-32,35,39-40,44-45,52-53,59,62-72,81,84,94-96,98-102H,7-9,20,23-27,33-34H2,1-6H3,(H,86,108)(H,88,107)(H,89,104)(H,90,106)(H,91,109)(H,92,103)(H,93,105)(H2,85,87,97,110)/t39?,40?,44?,45?,52-,53+,59-,62?,63+,64-,65+,66-,67+,68-,69-,70-,71+,72-,81+/m1/s1. The Hall–Kier alpha value is -10.5. The zero-order valence-electron chi connectivity index (χ0n) is 63.4. The van der Waals surface area contributed by atoms with Gasteiger partial charge in [-0.2, -0.15) is 0 Å². The maximum absolute atomic E-state index is 16.4. The van der Waals surface area contributed by atoms with Crippen LogP contribution in [0.4, 0.5) is 10.5 Å². The van der Waals surface area contributed by atoms with Gasteiger partial charge in [0.2, 0.25) is 59.3 Å². The summed E-state index contributed by atoms with van der Waals surface area (Å²) in [5, 5.41) is 120. The van der Waals surface area contributed by atoms with Crippen LogP contribution in [0.25, 0.3) is 11.1 Å². The predicted octanol–water partition coefficient (Wildman–Crippen LogP) is 5.19. The number of aliphatic hydroxyl groups excluding tert-OH is 6. The quantitative estimate of drug-likeness (QED) is 0.0593. The zero-order valence-corrected chi connectivity index (χ0v) is 64.2.